The first-order valence-corrected chi connectivity index (χ1v) is 5.96. The molecule has 2 aromatic heterocycles. The lowest BCUT2D eigenvalue weighted by Crippen LogP contribution is -2.04. The molecular formula is C13H18N4. The van der Waals surface area contributed by atoms with E-state index >= 15 is 0 Å². The molecule has 0 aliphatic rings. The van der Waals surface area contributed by atoms with Crippen molar-refractivity contribution in [2.45, 2.75) is 26.8 Å². The van der Waals surface area contributed by atoms with Crippen LogP contribution >= 0.6 is 0 Å². The molecule has 0 aliphatic heterocycles. The molecule has 17 heavy (non-hydrogen) atoms. The van der Waals surface area contributed by atoms with Crippen molar-refractivity contribution in [1.82, 2.24) is 14.8 Å². The number of hydrogen-bond acceptors (Lipinski definition) is 3. The van der Waals surface area contributed by atoms with Gasteiger partial charge in [0, 0.05) is 18.9 Å². The van der Waals surface area contributed by atoms with E-state index in [4.69, 9.17) is 0 Å². The van der Waals surface area contributed by atoms with E-state index in [0.717, 1.165) is 25.3 Å². The van der Waals surface area contributed by atoms with E-state index in [-0.39, 0.29) is 0 Å². The molecule has 0 saturated carbocycles. The average Bonchev–Trinajstić information content (AvgIpc) is 2.73. The van der Waals surface area contributed by atoms with Gasteiger partial charge >= 0.3 is 0 Å². The third kappa shape index (κ3) is 3.31. The van der Waals surface area contributed by atoms with Crippen molar-refractivity contribution < 1.29 is 0 Å². The molecule has 2 heterocycles. The van der Waals surface area contributed by atoms with Crippen LogP contribution in [0.15, 0.2) is 30.7 Å². The van der Waals surface area contributed by atoms with Gasteiger partial charge in [0.05, 0.1) is 12.7 Å². The highest BCUT2D eigenvalue weighted by Gasteiger charge is 1.99. The fourth-order valence-electron chi connectivity index (χ4n) is 1.66. The largest absolute Gasteiger partial charge is 0.370 e. The topological polar surface area (TPSA) is 42.7 Å². The van der Waals surface area contributed by atoms with E-state index in [1.54, 1.807) is 0 Å². The Balaban J connectivity index is 2.05. The Morgan fingerprint density at radius 1 is 1.41 bits per heavy atom. The van der Waals surface area contributed by atoms with Crippen molar-refractivity contribution in [3.05, 3.63) is 41.9 Å². The van der Waals surface area contributed by atoms with Gasteiger partial charge in [-0.05, 0) is 36.6 Å². The molecule has 0 fully saturated rings. The quantitative estimate of drug-likeness (QED) is 0.858. The Labute approximate surface area is 102 Å². The number of pyridine rings is 1. The monoisotopic (exact) mass is 230 g/mol. The zero-order valence-corrected chi connectivity index (χ0v) is 10.3. The van der Waals surface area contributed by atoms with Gasteiger partial charge in [-0.25, -0.2) is 4.98 Å². The van der Waals surface area contributed by atoms with Crippen molar-refractivity contribution >= 4 is 5.82 Å². The molecule has 4 heteroatoms. The van der Waals surface area contributed by atoms with Crippen LogP contribution in [0.2, 0.25) is 0 Å². The van der Waals surface area contributed by atoms with Crippen molar-refractivity contribution in [1.29, 1.82) is 0 Å². The van der Waals surface area contributed by atoms with Gasteiger partial charge in [0.25, 0.3) is 0 Å². The lowest BCUT2D eigenvalue weighted by molar-refractivity contribution is 0.686. The highest BCUT2D eigenvalue weighted by Crippen LogP contribution is 2.08. The summed E-state index contributed by atoms with van der Waals surface area (Å²) < 4.78 is 1.94. The number of hydrogen-bond donors (Lipinski definition) is 1. The van der Waals surface area contributed by atoms with Crippen LogP contribution in [0.3, 0.4) is 0 Å². The molecule has 0 aromatic carbocycles. The first kappa shape index (κ1) is 11.6. The van der Waals surface area contributed by atoms with E-state index in [9.17, 15) is 0 Å². The number of nitrogens with zero attached hydrogens (tertiary/aromatic N) is 3. The van der Waals surface area contributed by atoms with E-state index in [0.29, 0.717) is 0 Å². The van der Waals surface area contributed by atoms with Crippen LogP contribution in [-0.4, -0.2) is 21.3 Å². The molecule has 0 aliphatic carbocycles. The molecule has 0 bridgehead atoms. The average molecular weight is 230 g/mol. The predicted molar refractivity (Wildman–Crippen MR) is 69.1 cm³/mol. The Hall–Kier alpha value is -1.84. The van der Waals surface area contributed by atoms with Gasteiger partial charge in [0.2, 0.25) is 0 Å². The zero-order valence-electron chi connectivity index (χ0n) is 10.3. The number of rotatable bonds is 5. The number of aromatic nitrogens is 3. The van der Waals surface area contributed by atoms with Gasteiger partial charge in [0.1, 0.15) is 5.82 Å². The molecule has 90 valence electrons. The van der Waals surface area contributed by atoms with Gasteiger partial charge in [-0.1, -0.05) is 6.92 Å². The first-order valence-electron chi connectivity index (χ1n) is 5.96. The molecule has 0 unspecified atom stereocenters. The summed E-state index contributed by atoms with van der Waals surface area (Å²) in [5.74, 6) is 0.938. The smallest absolute Gasteiger partial charge is 0.126 e. The summed E-state index contributed by atoms with van der Waals surface area (Å²) in [6, 6.07) is 4.10. The maximum atomic E-state index is 4.28. The van der Waals surface area contributed by atoms with E-state index in [2.05, 4.69) is 28.4 Å². The molecular weight excluding hydrogens is 212 g/mol. The molecule has 0 radical (unpaired) electrons. The van der Waals surface area contributed by atoms with Gasteiger partial charge < -0.3 is 5.32 Å². The van der Waals surface area contributed by atoms with Crippen LogP contribution in [0.25, 0.3) is 0 Å². The minimum atomic E-state index is 0.789. The SMILES string of the molecule is CCCNc1cc(Cn2cc(C)cn2)ccn1. The summed E-state index contributed by atoms with van der Waals surface area (Å²) >= 11 is 0. The Morgan fingerprint density at radius 3 is 3.00 bits per heavy atom. The number of aryl methyl sites for hydroxylation is 1. The van der Waals surface area contributed by atoms with Crippen LogP contribution in [-0.2, 0) is 6.54 Å². The van der Waals surface area contributed by atoms with Crippen LogP contribution < -0.4 is 5.32 Å². The molecule has 0 spiro atoms. The lowest BCUT2D eigenvalue weighted by Gasteiger charge is -2.06. The van der Waals surface area contributed by atoms with Crippen LogP contribution in [0.4, 0.5) is 5.82 Å². The molecule has 4 nitrogen and oxygen atoms in total. The highest BCUT2D eigenvalue weighted by atomic mass is 15.3. The summed E-state index contributed by atoms with van der Waals surface area (Å²) in [6.07, 6.45) is 6.85. The van der Waals surface area contributed by atoms with Gasteiger partial charge in [-0.3, -0.25) is 4.68 Å². The van der Waals surface area contributed by atoms with E-state index in [1.807, 2.05) is 36.3 Å². The molecule has 0 atom stereocenters. The second-order valence-corrected chi connectivity index (χ2v) is 4.19. The van der Waals surface area contributed by atoms with Crippen LogP contribution in [0, 0.1) is 6.92 Å². The minimum absolute atomic E-state index is 0.789. The van der Waals surface area contributed by atoms with Crippen molar-refractivity contribution in [3.8, 4) is 0 Å². The summed E-state index contributed by atoms with van der Waals surface area (Å²) in [5, 5.41) is 7.56. The third-order valence-corrected chi connectivity index (χ3v) is 2.49. The van der Waals surface area contributed by atoms with Gasteiger partial charge in [-0.2, -0.15) is 5.10 Å². The standard InChI is InChI=1S/C13H18N4/c1-3-5-14-13-7-12(4-6-15-13)10-17-9-11(2)8-16-17/h4,6-9H,3,5,10H2,1-2H3,(H,14,15). The summed E-state index contributed by atoms with van der Waals surface area (Å²) in [5.41, 5.74) is 2.39. The molecule has 2 rings (SSSR count). The highest BCUT2D eigenvalue weighted by molar-refractivity contribution is 5.37. The first-order chi connectivity index (χ1) is 8.28. The van der Waals surface area contributed by atoms with Gasteiger partial charge in [0.15, 0.2) is 0 Å². The Morgan fingerprint density at radius 2 is 2.29 bits per heavy atom. The molecule has 1 N–H and O–H groups in total. The Bertz CT molecular complexity index is 476. The summed E-state index contributed by atoms with van der Waals surface area (Å²) in [6.45, 7) is 5.93. The maximum absolute atomic E-state index is 4.28. The Kier molecular flexibility index (Phi) is 3.75. The second-order valence-electron chi connectivity index (χ2n) is 4.19. The molecule has 2 aromatic rings. The maximum Gasteiger partial charge on any atom is 0.126 e. The van der Waals surface area contributed by atoms with E-state index in [1.165, 1.54) is 11.1 Å². The minimum Gasteiger partial charge on any atom is -0.370 e. The van der Waals surface area contributed by atoms with Crippen molar-refractivity contribution in [3.63, 3.8) is 0 Å². The van der Waals surface area contributed by atoms with Gasteiger partial charge in [-0.15, -0.1) is 0 Å². The summed E-state index contributed by atoms with van der Waals surface area (Å²) in [7, 11) is 0. The van der Waals surface area contributed by atoms with Crippen molar-refractivity contribution in [2.75, 3.05) is 11.9 Å². The zero-order chi connectivity index (χ0) is 12.1. The molecule has 0 amide bonds. The number of anilines is 1. The normalized spacial score (nSPS) is 10.5. The third-order valence-electron chi connectivity index (χ3n) is 2.49. The molecule has 0 saturated heterocycles. The second kappa shape index (κ2) is 5.48. The fourth-order valence-corrected chi connectivity index (χ4v) is 1.66. The van der Waals surface area contributed by atoms with Crippen molar-refractivity contribution in [2.24, 2.45) is 0 Å². The van der Waals surface area contributed by atoms with Crippen LogP contribution in [0.5, 0.6) is 0 Å². The lowest BCUT2D eigenvalue weighted by atomic mass is 10.2. The van der Waals surface area contributed by atoms with Crippen LogP contribution in [0.1, 0.15) is 24.5 Å². The summed E-state index contributed by atoms with van der Waals surface area (Å²) in [4.78, 5) is 4.28. The fraction of sp³-hybridized carbons (Fsp3) is 0.385. The predicted octanol–water partition coefficient (Wildman–Crippen LogP) is 2.46. The number of nitrogens with one attached hydrogen (secondary N) is 1. The van der Waals surface area contributed by atoms with E-state index < -0.39 is 0 Å².